The topological polar surface area (TPSA) is 65.0 Å². The summed E-state index contributed by atoms with van der Waals surface area (Å²) in [6.45, 7) is 3.94. The summed E-state index contributed by atoms with van der Waals surface area (Å²) >= 11 is 0. The summed E-state index contributed by atoms with van der Waals surface area (Å²) in [6, 6.07) is 21.6. The predicted octanol–water partition coefficient (Wildman–Crippen LogP) is 4.87. The Bertz CT molecular complexity index is 1160. The first-order valence-corrected chi connectivity index (χ1v) is 9.46. The Morgan fingerprint density at radius 1 is 0.867 bits per heavy atom. The summed E-state index contributed by atoms with van der Waals surface area (Å²) in [5, 5.41) is 0. The molecule has 3 aromatic rings. The van der Waals surface area contributed by atoms with Crippen LogP contribution in [0.25, 0.3) is 6.08 Å². The van der Waals surface area contributed by atoms with Gasteiger partial charge in [0.1, 0.15) is 5.75 Å². The SMILES string of the molecule is Cc1ccc(C(=O)Oc2ccc(/C=C3/N=C(c4ccc(C)cc4)OC3=O)cc2)cc1. The number of esters is 2. The highest BCUT2D eigenvalue weighted by Gasteiger charge is 2.24. The third-order valence-electron chi connectivity index (χ3n) is 4.60. The van der Waals surface area contributed by atoms with Gasteiger partial charge in [-0.15, -0.1) is 0 Å². The molecule has 0 aromatic heterocycles. The minimum atomic E-state index is -0.500. The number of ether oxygens (including phenoxy) is 2. The Morgan fingerprint density at radius 2 is 1.47 bits per heavy atom. The number of benzene rings is 3. The van der Waals surface area contributed by atoms with Gasteiger partial charge < -0.3 is 9.47 Å². The van der Waals surface area contributed by atoms with Crippen LogP contribution in [0.1, 0.15) is 32.6 Å². The standard InChI is InChI=1S/C25H19NO4/c1-16-3-9-19(10-4-16)23-26-22(25(28)30-23)15-18-7-13-21(14-8-18)29-24(27)20-11-5-17(2)6-12-20/h3-15H,1-2H3/b22-15+. The highest BCUT2D eigenvalue weighted by molar-refractivity contribution is 6.12. The van der Waals surface area contributed by atoms with Crippen molar-refractivity contribution in [1.29, 1.82) is 0 Å². The maximum atomic E-state index is 12.2. The first-order chi connectivity index (χ1) is 14.5. The van der Waals surface area contributed by atoms with E-state index in [1.807, 2.05) is 50.2 Å². The quantitative estimate of drug-likeness (QED) is 0.358. The van der Waals surface area contributed by atoms with Gasteiger partial charge in [0.2, 0.25) is 5.90 Å². The summed E-state index contributed by atoms with van der Waals surface area (Å²) in [4.78, 5) is 28.7. The van der Waals surface area contributed by atoms with Gasteiger partial charge in [0.15, 0.2) is 5.70 Å². The highest BCUT2D eigenvalue weighted by Crippen LogP contribution is 2.21. The van der Waals surface area contributed by atoms with E-state index in [4.69, 9.17) is 9.47 Å². The summed E-state index contributed by atoms with van der Waals surface area (Å²) in [5.41, 5.74) is 4.38. The largest absolute Gasteiger partial charge is 0.423 e. The molecule has 0 saturated carbocycles. The molecule has 1 aliphatic rings. The number of aliphatic imine (C=N–C) groups is 1. The van der Waals surface area contributed by atoms with Crippen molar-refractivity contribution in [3.63, 3.8) is 0 Å². The molecule has 0 radical (unpaired) electrons. The molecular formula is C25H19NO4. The molecule has 4 rings (SSSR count). The summed E-state index contributed by atoms with van der Waals surface area (Å²) < 4.78 is 10.7. The van der Waals surface area contributed by atoms with Crippen molar-refractivity contribution >= 4 is 23.9 Å². The molecule has 148 valence electrons. The van der Waals surface area contributed by atoms with E-state index in [0.717, 1.165) is 22.3 Å². The van der Waals surface area contributed by atoms with Crippen LogP contribution >= 0.6 is 0 Å². The van der Waals surface area contributed by atoms with Crippen LogP contribution in [0.3, 0.4) is 0 Å². The maximum absolute atomic E-state index is 12.2. The maximum Gasteiger partial charge on any atom is 0.363 e. The van der Waals surface area contributed by atoms with E-state index in [1.54, 1.807) is 42.5 Å². The second kappa shape index (κ2) is 8.17. The van der Waals surface area contributed by atoms with Crippen molar-refractivity contribution in [2.45, 2.75) is 13.8 Å². The van der Waals surface area contributed by atoms with Crippen molar-refractivity contribution in [2.75, 3.05) is 0 Å². The van der Waals surface area contributed by atoms with E-state index in [-0.39, 0.29) is 11.6 Å². The Morgan fingerprint density at radius 3 is 2.10 bits per heavy atom. The van der Waals surface area contributed by atoms with Crippen LogP contribution < -0.4 is 4.74 Å². The highest BCUT2D eigenvalue weighted by atomic mass is 16.6. The molecule has 0 aliphatic carbocycles. The van der Waals surface area contributed by atoms with Crippen LogP contribution in [0.4, 0.5) is 0 Å². The van der Waals surface area contributed by atoms with Crippen molar-refractivity contribution in [1.82, 2.24) is 0 Å². The zero-order valence-electron chi connectivity index (χ0n) is 16.6. The molecule has 0 fully saturated rings. The second-order valence-electron chi connectivity index (χ2n) is 7.03. The fraction of sp³-hybridized carbons (Fsp3) is 0.0800. The molecule has 5 nitrogen and oxygen atoms in total. The zero-order valence-corrected chi connectivity index (χ0v) is 16.6. The lowest BCUT2D eigenvalue weighted by atomic mass is 10.1. The number of hydrogen-bond acceptors (Lipinski definition) is 5. The average molecular weight is 397 g/mol. The van der Waals surface area contributed by atoms with E-state index < -0.39 is 11.9 Å². The fourth-order valence-electron chi connectivity index (χ4n) is 2.87. The van der Waals surface area contributed by atoms with Crippen molar-refractivity contribution in [3.8, 4) is 5.75 Å². The Kier molecular flexibility index (Phi) is 5.26. The second-order valence-corrected chi connectivity index (χ2v) is 7.03. The van der Waals surface area contributed by atoms with E-state index in [1.165, 1.54) is 0 Å². The lowest BCUT2D eigenvalue weighted by Crippen LogP contribution is -2.08. The van der Waals surface area contributed by atoms with Gasteiger partial charge in [-0.1, -0.05) is 47.5 Å². The summed E-state index contributed by atoms with van der Waals surface area (Å²) in [7, 11) is 0. The minimum absolute atomic E-state index is 0.218. The lowest BCUT2D eigenvalue weighted by Gasteiger charge is -2.05. The first-order valence-electron chi connectivity index (χ1n) is 9.46. The minimum Gasteiger partial charge on any atom is -0.423 e. The summed E-state index contributed by atoms with van der Waals surface area (Å²) in [5.74, 6) is -0.219. The number of hydrogen-bond donors (Lipinski definition) is 0. The normalized spacial score (nSPS) is 14.4. The summed E-state index contributed by atoms with van der Waals surface area (Å²) in [6.07, 6.45) is 1.63. The molecule has 0 amide bonds. The van der Waals surface area contributed by atoms with Crippen LogP contribution in [0.15, 0.2) is 83.5 Å². The zero-order chi connectivity index (χ0) is 21.1. The molecule has 1 aliphatic heterocycles. The number of carbonyl (C=O) groups is 2. The molecule has 0 atom stereocenters. The molecule has 0 spiro atoms. The van der Waals surface area contributed by atoms with Crippen LogP contribution in [0.2, 0.25) is 0 Å². The van der Waals surface area contributed by atoms with Gasteiger partial charge >= 0.3 is 11.9 Å². The monoisotopic (exact) mass is 397 g/mol. The molecule has 3 aromatic carbocycles. The van der Waals surface area contributed by atoms with Crippen molar-refractivity contribution in [2.24, 2.45) is 4.99 Å². The Labute approximate surface area is 174 Å². The van der Waals surface area contributed by atoms with Crippen LogP contribution in [-0.2, 0) is 9.53 Å². The van der Waals surface area contributed by atoms with Gasteiger partial charge in [0.05, 0.1) is 5.56 Å². The average Bonchev–Trinajstić information content (AvgIpc) is 3.10. The molecule has 0 bridgehead atoms. The molecule has 30 heavy (non-hydrogen) atoms. The smallest absolute Gasteiger partial charge is 0.363 e. The fourth-order valence-corrected chi connectivity index (χ4v) is 2.87. The van der Waals surface area contributed by atoms with Gasteiger partial charge in [0, 0.05) is 5.56 Å². The molecule has 0 saturated heterocycles. The Balaban J connectivity index is 1.48. The lowest BCUT2D eigenvalue weighted by molar-refractivity contribution is -0.129. The van der Waals surface area contributed by atoms with E-state index in [2.05, 4.69) is 4.99 Å². The van der Waals surface area contributed by atoms with Crippen LogP contribution in [0.5, 0.6) is 5.75 Å². The Hall–Kier alpha value is -3.99. The van der Waals surface area contributed by atoms with Crippen molar-refractivity contribution in [3.05, 3.63) is 106 Å². The van der Waals surface area contributed by atoms with Crippen LogP contribution in [-0.4, -0.2) is 17.8 Å². The first kappa shape index (κ1) is 19.3. The number of aryl methyl sites for hydroxylation is 2. The van der Waals surface area contributed by atoms with Gasteiger partial charge in [-0.25, -0.2) is 14.6 Å². The van der Waals surface area contributed by atoms with Gasteiger partial charge in [-0.3, -0.25) is 0 Å². The number of rotatable bonds is 4. The molecule has 0 unspecified atom stereocenters. The van der Waals surface area contributed by atoms with E-state index in [9.17, 15) is 9.59 Å². The molecular weight excluding hydrogens is 378 g/mol. The molecule has 1 heterocycles. The number of carbonyl (C=O) groups excluding carboxylic acids is 2. The van der Waals surface area contributed by atoms with Crippen molar-refractivity contribution < 1.29 is 19.1 Å². The van der Waals surface area contributed by atoms with E-state index >= 15 is 0 Å². The third kappa shape index (κ3) is 4.36. The third-order valence-corrected chi connectivity index (χ3v) is 4.60. The molecule has 5 heteroatoms. The number of cyclic esters (lactones) is 1. The van der Waals surface area contributed by atoms with E-state index in [0.29, 0.717) is 11.3 Å². The van der Waals surface area contributed by atoms with Gasteiger partial charge in [0.25, 0.3) is 0 Å². The predicted molar refractivity (Wildman–Crippen MR) is 114 cm³/mol. The molecule has 0 N–H and O–H groups in total. The van der Waals surface area contributed by atoms with Gasteiger partial charge in [-0.2, -0.15) is 0 Å². The van der Waals surface area contributed by atoms with Crippen LogP contribution in [0, 0.1) is 13.8 Å². The number of nitrogens with zero attached hydrogens (tertiary/aromatic N) is 1. The van der Waals surface area contributed by atoms with Gasteiger partial charge in [-0.05, 0) is 61.9 Å².